The van der Waals surface area contributed by atoms with Gasteiger partial charge in [-0.05, 0) is 83.8 Å². The number of allylic oxidation sites excluding steroid dienone is 1. The van der Waals surface area contributed by atoms with Crippen molar-refractivity contribution in [3.05, 3.63) is 66.1 Å². The molecule has 13 nitrogen and oxygen atoms in total. The van der Waals surface area contributed by atoms with Crippen molar-refractivity contribution in [2.45, 2.75) is 119 Å². The van der Waals surface area contributed by atoms with Crippen molar-refractivity contribution >= 4 is 44.6 Å². The van der Waals surface area contributed by atoms with Crippen molar-refractivity contribution < 1.29 is 27.5 Å². The third kappa shape index (κ3) is 6.42. The maximum atomic E-state index is 14.8. The van der Waals surface area contributed by atoms with Crippen LogP contribution < -0.4 is 20.1 Å². The first-order valence-electron chi connectivity index (χ1n) is 18.9. The minimum Gasteiger partial charge on any atom is -0.483 e. The maximum absolute atomic E-state index is 14.8. The summed E-state index contributed by atoms with van der Waals surface area (Å²) < 4.78 is 34.8. The lowest BCUT2D eigenvalue weighted by Gasteiger charge is -2.48. The molecule has 3 N–H and O–H groups in total. The van der Waals surface area contributed by atoms with E-state index in [9.17, 15) is 22.8 Å². The second-order valence-corrected chi connectivity index (χ2v) is 18.0. The van der Waals surface area contributed by atoms with Crippen LogP contribution in [0.2, 0.25) is 0 Å². The monoisotopic (exact) mass is 741 g/mol. The summed E-state index contributed by atoms with van der Waals surface area (Å²) in [6, 6.07) is 7.96. The van der Waals surface area contributed by atoms with E-state index in [0.29, 0.717) is 50.2 Å². The lowest BCUT2D eigenvalue weighted by atomic mass is 9.65. The number of sulfonamides is 1. The quantitative estimate of drug-likeness (QED) is 0.321. The molecule has 2 aromatic heterocycles. The fourth-order valence-electron chi connectivity index (χ4n) is 8.54. The Hall–Kier alpha value is -4.59. The normalized spacial score (nSPS) is 30.3. The number of ether oxygens (including phenoxy) is 1. The minimum absolute atomic E-state index is 0.152. The second-order valence-electron chi connectivity index (χ2n) is 15.8. The molecule has 0 bridgehead atoms. The standard InChI is InChI=1S/C39H47N7O6S/c1-25-32-28(27-12-8-9-13-29(27)42-25)16-17-38(52-32)23-31-33(47)44-39(35(49)45-53(50,51)37(2)19-20-37)18-15-26(39)11-6-4-3-5-7-14-30(34(48)46(31)24-38)43-36-40-21-10-22-41-36/h6,8-13,21-22,26,30-31H,3-5,7,14-20,23-24H2,1-2H3,(H,44,47)(H,45,49)(H,40,41,43)/b11-6-/t26-,30+,31+,38-,39-/m1/s1. The molecule has 0 radical (unpaired) electrons. The van der Waals surface area contributed by atoms with Crippen LogP contribution in [0, 0.1) is 12.8 Å². The highest BCUT2D eigenvalue weighted by atomic mass is 32.2. The van der Waals surface area contributed by atoms with E-state index in [1.54, 1.807) is 30.3 Å². The van der Waals surface area contributed by atoms with Crippen LogP contribution in [0.1, 0.15) is 88.8 Å². The van der Waals surface area contributed by atoms with E-state index in [1.165, 1.54) is 0 Å². The Morgan fingerprint density at radius 3 is 2.57 bits per heavy atom. The molecule has 0 unspecified atom stereocenters. The summed E-state index contributed by atoms with van der Waals surface area (Å²) in [7, 11) is -3.97. The van der Waals surface area contributed by atoms with Gasteiger partial charge in [-0.15, -0.1) is 0 Å². The van der Waals surface area contributed by atoms with Crippen LogP contribution in [-0.2, 0) is 30.8 Å². The molecule has 14 heteroatoms. The van der Waals surface area contributed by atoms with Crippen molar-refractivity contribution in [1.29, 1.82) is 0 Å². The Kier molecular flexibility index (Phi) is 8.94. The molecule has 2 saturated carbocycles. The Morgan fingerprint density at radius 1 is 1.02 bits per heavy atom. The van der Waals surface area contributed by atoms with Gasteiger partial charge in [0.05, 0.1) is 22.5 Å². The van der Waals surface area contributed by atoms with Crippen LogP contribution in [0.15, 0.2) is 54.9 Å². The summed E-state index contributed by atoms with van der Waals surface area (Å²) in [5.41, 5.74) is 0.316. The van der Waals surface area contributed by atoms with E-state index in [-0.39, 0.29) is 25.3 Å². The van der Waals surface area contributed by atoms with Crippen molar-refractivity contribution in [1.82, 2.24) is 29.9 Å². The van der Waals surface area contributed by atoms with Gasteiger partial charge >= 0.3 is 0 Å². The zero-order valence-electron chi connectivity index (χ0n) is 30.3. The molecule has 2 aliphatic carbocycles. The van der Waals surface area contributed by atoms with Gasteiger partial charge in [0.15, 0.2) is 0 Å². The number of aromatic nitrogens is 3. The number of para-hydroxylation sites is 1. The predicted molar refractivity (Wildman–Crippen MR) is 198 cm³/mol. The van der Waals surface area contributed by atoms with Gasteiger partial charge in [0.25, 0.3) is 5.91 Å². The molecule has 3 aromatic rings. The average Bonchev–Trinajstić information content (AvgIpc) is 3.80. The number of anilines is 1. The summed E-state index contributed by atoms with van der Waals surface area (Å²) in [5, 5.41) is 7.32. The van der Waals surface area contributed by atoms with Crippen LogP contribution in [0.5, 0.6) is 5.75 Å². The van der Waals surface area contributed by atoms with Gasteiger partial charge in [0.1, 0.15) is 29.0 Å². The molecule has 3 aliphatic heterocycles. The number of hydrogen-bond donors (Lipinski definition) is 3. The molecule has 1 aromatic carbocycles. The van der Waals surface area contributed by atoms with Gasteiger partial charge in [-0.1, -0.05) is 43.2 Å². The topological polar surface area (TPSA) is 173 Å². The van der Waals surface area contributed by atoms with Crippen molar-refractivity contribution in [2.24, 2.45) is 5.92 Å². The molecule has 3 amide bonds. The number of benzene rings is 1. The molecule has 5 aliphatic rings. The smallest absolute Gasteiger partial charge is 0.259 e. The number of pyridine rings is 1. The van der Waals surface area contributed by atoms with E-state index in [2.05, 4.69) is 25.3 Å². The highest BCUT2D eigenvalue weighted by Crippen LogP contribution is 2.47. The number of fused-ring (bicyclic) bond motifs is 5. The molecular weight excluding hydrogens is 695 g/mol. The van der Waals surface area contributed by atoms with E-state index in [4.69, 9.17) is 9.72 Å². The Morgan fingerprint density at radius 2 is 1.81 bits per heavy atom. The van der Waals surface area contributed by atoms with Crippen molar-refractivity contribution in [3.8, 4) is 5.75 Å². The first-order chi connectivity index (χ1) is 25.4. The summed E-state index contributed by atoms with van der Waals surface area (Å²) in [6.45, 7) is 3.69. The number of carbonyl (C=O) groups is 3. The number of nitrogens with zero attached hydrogens (tertiary/aromatic N) is 4. The molecular formula is C39H47N7O6S. The van der Waals surface area contributed by atoms with Gasteiger partial charge in [-0.2, -0.15) is 0 Å². The molecule has 5 heterocycles. The van der Waals surface area contributed by atoms with Crippen LogP contribution in [0.3, 0.4) is 0 Å². The zero-order chi connectivity index (χ0) is 37.0. The molecule has 5 atom stereocenters. The largest absolute Gasteiger partial charge is 0.483 e. The highest BCUT2D eigenvalue weighted by molar-refractivity contribution is 7.91. The van der Waals surface area contributed by atoms with Crippen LogP contribution in [-0.4, -0.2) is 80.5 Å². The van der Waals surface area contributed by atoms with E-state index in [1.807, 2.05) is 43.3 Å². The number of nitrogens with one attached hydrogen (secondary N) is 3. The number of aryl methyl sites for hydroxylation is 2. The van der Waals surface area contributed by atoms with Crippen molar-refractivity contribution in [2.75, 3.05) is 11.9 Å². The minimum atomic E-state index is -3.97. The summed E-state index contributed by atoms with van der Waals surface area (Å²) >= 11 is 0. The third-order valence-electron chi connectivity index (χ3n) is 12.2. The van der Waals surface area contributed by atoms with E-state index in [0.717, 1.165) is 47.8 Å². The SMILES string of the molecule is Cc1nc2ccccc2c2c1O[C@]1(CC2)C[C@H]2C(=O)N[C@]3(C(=O)NS(=O)(=O)C4(C)CC4)CC[C@H]3/C=C\CCCCC[C@H](Nc3ncccn3)C(=O)N2C1. The van der Waals surface area contributed by atoms with Crippen LogP contribution >= 0.6 is 0 Å². The number of hydrogen-bond acceptors (Lipinski definition) is 10. The van der Waals surface area contributed by atoms with Gasteiger partial charge in [0.2, 0.25) is 27.8 Å². The van der Waals surface area contributed by atoms with Gasteiger partial charge in [-0.25, -0.2) is 23.4 Å². The van der Waals surface area contributed by atoms with Gasteiger partial charge in [0, 0.05) is 35.7 Å². The molecule has 3 fully saturated rings. The van der Waals surface area contributed by atoms with Crippen molar-refractivity contribution in [3.63, 3.8) is 0 Å². The van der Waals surface area contributed by atoms with E-state index < -0.39 is 55.7 Å². The summed E-state index contributed by atoms with van der Waals surface area (Å²) in [4.78, 5) is 58.7. The molecule has 1 spiro atoms. The van der Waals surface area contributed by atoms with Gasteiger partial charge < -0.3 is 20.3 Å². The first kappa shape index (κ1) is 35.4. The fourth-order valence-corrected chi connectivity index (χ4v) is 9.86. The fraction of sp³-hybridized carbons (Fsp3) is 0.538. The third-order valence-corrected chi connectivity index (χ3v) is 14.4. The van der Waals surface area contributed by atoms with Crippen LogP contribution in [0.25, 0.3) is 10.9 Å². The molecule has 280 valence electrons. The Labute approximate surface area is 309 Å². The summed E-state index contributed by atoms with van der Waals surface area (Å²) in [5.74, 6) is -0.924. The highest BCUT2D eigenvalue weighted by Gasteiger charge is 2.59. The Balaban J connectivity index is 1.16. The molecule has 8 rings (SSSR count). The lowest BCUT2D eigenvalue weighted by Crippen LogP contribution is -2.70. The molecule has 53 heavy (non-hydrogen) atoms. The number of rotatable bonds is 5. The predicted octanol–water partition coefficient (Wildman–Crippen LogP) is 4.26. The number of carbonyl (C=O) groups excluding carboxylic acids is 3. The maximum Gasteiger partial charge on any atom is 0.259 e. The van der Waals surface area contributed by atoms with Crippen LogP contribution in [0.4, 0.5) is 5.95 Å². The lowest BCUT2D eigenvalue weighted by molar-refractivity contribution is -0.144. The van der Waals surface area contributed by atoms with E-state index >= 15 is 0 Å². The zero-order valence-corrected chi connectivity index (χ0v) is 31.1. The Bertz CT molecular complexity index is 2090. The average molecular weight is 742 g/mol. The number of amides is 3. The second kappa shape index (κ2) is 13.4. The molecule has 1 saturated heterocycles. The van der Waals surface area contributed by atoms with Gasteiger partial charge in [-0.3, -0.25) is 19.1 Å². The summed E-state index contributed by atoms with van der Waals surface area (Å²) in [6.07, 6.45) is 14.2. The first-order valence-corrected chi connectivity index (χ1v) is 20.4.